The van der Waals surface area contributed by atoms with Crippen LogP contribution >= 0.6 is 11.6 Å². The molecule has 160 valence electrons. The molecular weight excluding hydrogens is 410 g/mol. The van der Waals surface area contributed by atoms with E-state index in [0.717, 1.165) is 5.56 Å². The Labute approximate surface area is 179 Å². The molecule has 0 saturated heterocycles. The van der Waals surface area contributed by atoms with Gasteiger partial charge >= 0.3 is 6.09 Å². The van der Waals surface area contributed by atoms with Gasteiger partial charge in [-0.3, -0.25) is 4.79 Å². The van der Waals surface area contributed by atoms with Crippen LogP contribution in [0.3, 0.4) is 0 Å². The van der Waals surface area contributed by atoms with Gasteiger partial charge in [-0.05, 0) is 37.1 Å². The van der Waals surface area contributed by atoms with Crippen molar-refractivity contribution in [2.24, 2.45) is 5.10 Å². The summed E-state index contributed by atoms with van der Waals surface area (Å²) in [6.07, 6.45) is 0.931. The lowest BCUT2D eigenvalue weighted by molar-refractivity contribution is -0.123. The number of carbonyl (C=O) groups excluding carboxylic acids is 2. The van der Waals surface area contributed by atoms with E-state index < -0.39 is 18.0 Å². The fourth-order valence-corrected chi connectivity index (χ4v) is 2.78. The van der Waals surface area contributed by atoms with Crippen LogP contribution in [-0.2, 0) is 16.0 Å². The Bertz CT molecular complexity index is 890. The molecule has 0 bridgehead atoms. The second-order valence-electron chi connectivity index (χ2n) is 6.12. The number of alkyl carbamates (subject to hydrolysis) is 1. The summed E-state index contributed by atoms with van der Waals surface area (Å²) < 4.78 is 10.2. The van der Waals surface area contributed by atoms with Crippen LogP contribution in [0.1, 0.15) is 25.0 Å². The van der Waals surface area contributed by atoms with E-state index in [0.29, 0.717) is 12.2 Å². The fourth-order valence-electron chi connectivity index (χ4n) is 2.56. The molecule has 0 aliphatic rings. The molecule has 0 radical (unpaired) electrons. The summed E-state index contributed by atoms with van der Waals surface area (Å²) in [5.41, 5.74) is 3.78. The number of aromatic hydroxyl groups is 1. The molecule has 0 aliphatic carbocycles. The largest absolute Gasteiger partial charge is 0.503 e. The zero-order valence-electron chi connectivity index (χ0n) is 16.7. The topological polar surface area (TPSA) is 109 Å². The van der Waals surface area contributed by atoms with Crippen molar-refractivity contribution >= 4 is 29.8 Å². The molecule has 0 unspecified atom stereocenters. The van der Waals surface area contributed by atoms with E-state index in [-0.39, 0.29) is 29.5 Å². The maximum atomic E-state index is 12.6. The molecule has 0 spiro atoms. The summed E-state index contributed by atoms with van der Waals surface area (Å²) in [5.74, 6) is -0.469. The van der Waals surface area contributed by atoms with E-state index >= 15 is 0 Å². The first-order valence-corrected chi connectivity index (χ1v) is 9.77. The lowest BCUT2D eigenvalue weighted by Gasteiger charge is -2.16. The zero-order valence-corrected chi connectivity index (χ0v) is 17.5. The van der Waals surface area contributed by atoms with Gasteiger partial charge < -0.3 is 19.9 Å². The minimum absolute atomic E-state index is 0.0969. The summed E-state index contributed by atoms with van der Waals surface area (Å²) in [6, 6.07) is 11.4. The van der Waals surface area contributed by atoms with Crippen molar-refractivity contribution in [3.63, 3.8) is 0 Å². The molecule has 3 N–H and O–H groups in total. The maximum Gasteiger partial charge on any atom is 0.407 e. The van der Waals surface area contributed by atoms with Crippen molar-refractivity contribution in [1.82, 2.24) is 10.7 Å². The van der Waals surface area contributed by atoms with Crippen molar-refractivity contribution in [2.45, 2.75) is 26.3 Å². The fraction of sp³-hybridized carbons (Fsp3) is 0.286. The normalized spacial score (nSPS) is 11.7. The van der Waals surface area contributed by atoms with Crippen LogP contribution in [0.4, 0.5) is 4.79 Å². The van der Waals surface area contributed by atoms with E-state index in [2.05, 4.69) is 15.8 Å². The van der Waals surface area contributed by atoms with E-state index in [4.69, 9.17) is 21.1 Å². The Balaban J connectivity index is 2.09. The number of nitrogens with one attached hydrogen (secondary N) is 2. The average Bonchev–Trinajstić information content (AvgIpc) is 2.72. The number of benzene rings is 2. The number of hydrogen-bond donors (Lipinski definition) is 3. The minimum Gasteiger partial charge on any atom is -0.503 e. The highest BCUT2D eigenvalue weighted by atomic mass is 35.5. The number of halogens is 1. The lowest BCUT2D eigenvalue weighted by Crippen LogP contribution is -2.47. The standard InChI is InChI=1S/C21H24ClN3O5/c1-3-29-18-12-15(10-16(22)19(18)26)13-23-25-20(27)17(24-21(28)30-4-2)11-14-8-6-5-7-9-14/h5-10,12-13,17,26H,3-4,11H2,1-2H3,(H,24,28)(H,25,27)/b23-13-/t17-/m1/s1. The highest BCUT2D eigenvalue weighted by molar-refractivity contribution is 6.32. The van der Waals surface area contributed by atoms with Gasteiger partial charge in [0.15, 0.2) is 11.5 Å². The molecular formula is C21H24ClN3O5. The van der Waals surface area contributed by atoms with Gasteiger partial charge in [-0.15, -0.1) is 0 Å². The van der Waals surface area contributed by atoms with Gasteiger partial charge in [0.2, 0.25) is 0 Å². The number of hydrogen-bond acceptors (Lipinski definition) is 6. The molecule has 2 aromatic carbocycles. The molecule has 0 aromatic heterocycles. The summed E-state index contributed by atoms with van der Waals surface area (Å²) in [6.45, 7) is 3.99. The molecule has 9 heteroatoms. The van der Waals surface area contributed by atoms with Gasteiger partial charge in [0.05, 0.1) is 24.5 Å². The third-order valence-electron chi connectivity index (χ3n) is 3.91. The Morgan fingerprint density at radius 2 is 1.93 bits per heavy atom. The Morgan fingerprint density at radius 1 is 1.20 bits per heavy atom. The summed E-state index contributed by atoms with van der Waals surface area (Å²) in [5, 5.41) is 16.4. The van der Waals surface area contributed by atoms with Gasteiger partial charge in [-0.1, -0.05) is 41.9 Å². The molecule has 0 saturated carbocycles. The molecule has 2 aromatic rings. The first-order valence-electron chi connectivity index (χ1n) is 9.40. The van der Waals surface area contributed by atoms with Crippen molar-refractivity contribution in [3.8, 4) is 11.5 Å². The number of phenolic OH excluding ortho intramolecular Hbond substituents is 1. The van der Waals surface area contributed by atoms with Crippen LogP contribution in [0, 0.1) is 0 Å². The van der Waals surface area contributed by atoms with E-state index in [1.807, 2.05) is 30.3 Å². The summed E-state index contributed by atoms with van der Waals surface area (Å²) >= 11 is 5.98. The van der Waals surface area contributed by atoms with Crippen molar-refractivity contribution in [1.29, 1.82) is 0 Å². The predicted octanol–water partition coefficient (Wildman–Crippen LogP) is 3.25. The second kappa shape index (κ2) is 11.7. The van der Waals surface area contributed by atoms with Gasteiger partial charge in [0, 0.05) is 6.42 Å². The minimum atomic E-state index is -0.883. The Hall–Kier alpha value is -3.26. The van der Waals surface area contributed by atoms with Gasteiger partial charge in [-0.2, -0.15) is 5.10 Å². The molecule has 2 amide bonds. The second-order valence-corrected chi connectivity index (χ2v) is 6.53. The quantitative estimate of drug-likeness (QED) is 0.415. The Morgan fingerprint density at radius 3 is 2.60 bits per heavy atom. The monoisotopic (exact) mass is 433 g/mol. The SMILES string of the molecule is CCOC(=O)N[C@H](Cc1ccccc1)C(=O)N/N=C\c1cc(Cl)c(O)c(OCC)c1. The molecule has 0 heterocycles. The Kier molecular flexibility index (Phi) is 8.96. The molecule has 0 aliphatic heterocycles. The van der Waals surface area contributed by atoms with Crippen LogP contribution in [0.2, 0.25) is 5.02 Å². The number of nitrogens with zero attached hydrogens (tertiary/aromatic N) is 1. The highest BCUT2D eigenvalue weighted by Crippen LogP contribution is 2.34. The van der Waals surface area contributed by atoms with E-state index in [9.17, 15) is 14.7 Å². The van der Waals surface area contributed by atoms with Gasteiger partial charge in [-0.25, -0.2) is 10.2 Å². The van der Waals surface area contributed by atoms with Gasteiger partial charge in [0.25, 0.3) is 5.91 Å². The van der Waals surface area contributed by atoms with Crippen molar-refractivity contribution in [3.05, 3.63) is 58.6 Å². The first kappa shape index (κ1) is 23.0. The lowest BCUT2D eigenvalue weighted by atomic mass is 10.1. The number of phenols is 1. The van der Waals surface area contributed by atoms with Gasteiger partial charge in [0.1, 0.15) is 6.04 Å². The number of amides is 2. The van der Waals surface area contributed by atoms with Crippen LogP contribution in [0.25, 0.3) is 0 Å². The number of hydrazone groups is 1. The molecule has 2 rings (SSSR count). The van der Waals surface area contributed by atoms with Crippen LogP contribution < -0.4 is 15.5 Å². The van der Waals surface area contributed by atoms with Crippen LogP contribution in [-0.4, -0.2) is 42.6 Å². The molecule has 0 fully saturated rings. The van der Waals surface area contributed by atoms with Crippen molar-refractivity contribution < 1.29 is 24.2 Å². The van der Waals surface area contributed by atoms with Crippen molar-refractivity contribution in [2.75, 3.05) is 13.2 Å². The van der Waals surface area contributed by atoms with Crippen LogP contribution in [0.15, 0.2) is 47.6 Å². The molecule has 1 atom stereocenters. The maximum absolute atomic E-state index is 12.6. The van der Waals surface area contributed by atoms with E-state index in [1.54, 1.807) is 19.9 Å². The average molecular weight is 434 g/mol. The molecule has 8 nitrogen and oxygen atoms in total. The summed E-state index contributed by atoms with van der Waals surface area (Å²) in [7, 11) is 0. The number of carbonyl (C=O) groups is 2. The van der Waals surface area contributed by atoms with E-state index in [1.165, 1.54) is 12.3 Å². The number of rotatable bonds is 9. The highest BCUT2D eigenvalue weighted by Gasteiger charge is 2.21. The summed E-state index contributed by atoms with van der Waals surface area (Å²) in [4.78, 5) is 24.4. The third-order valence-corrected chi connectivity index (χ3v) is 4.19. The zero-order chi connectivity index (χ0) is 21.9. The third kappa shape index (κ3) is 6.97. The predicted molar refractivity (Wildman–Crippen MR) is 114 cm³/mol. The first-order chi connectivity index (χ1) is 14.4. The number of ether oxygens (including phenoxy) is 2. The molecule has 30 heavy (non-hydrogen) atoms. The van der Waals surface area contributed by atoms with Crippen LogP contribution in [0.5, 0.6) is 11.5 Å². The smallest absolute Gasteiger partial charge is 0.407 e.